The molecule has 2 unspecified atom stereocenters. The molecule has 1 rings (SSSR count). The van der Waals surface area contributed by atoms with Crippen LogP contribution in [-0.2, 0) is 0 Å². The van der Waals surface area contributed by atoms with Crippen molar-refractivity contribution in [2.75, 3.05) is 19.7 Å². The Labute approximate surface area is 121 Å². The van der Waals surface area contributed by atoms with Gasteiger partial charge in [-0.25, -0.2) is 0 Å². The van der Waals surface area contributed by atoms with Gasteiger partial charge in [0.15, 0.2) is 0 Å². The summed E-state index contributed by atoms with van der Waals surface area (Å²) < 4.78 is 5.61. The number of aryl methyl sites for hydroxylation is 2. The van der Waals surface area contributed by atoms with Gasteiger partial charge in [-0.1, -0.05) is 24.6 Å². The van der Waals surface area contributed by atoms with Gasteiger partial charge in [0.25, 0.3) is 0 Å². The number of hydrogen-bond donors (Lipinski definition) is 3. The lowest BCUT2D eigenvalue weighted by atomic mass is 10.0. The van der Waals surface area contributed by atoms with Crippen molar-refractivity contribution in [1.29, 1.82) is 0 Å². The minimum Gasteiger partial charge on any atom is -0.491 e. The quantitative estimate of drug-likeness (QED) is 0.680. The maximum atomic E-state index is 9.86. The molecule has 0 aliphatic carbocycles. The molecule has 4 nitrogen and oxygen atoms in total. The molecule has 0 amide bonds. The summed E-state index contributed by atoms with van der Waals surface area (Å²) in [4.78, 5) is 0. The van der Waals surface area contributed by atoms with Crippen molar-refractivity contribution in [3.05, 3.63) is 29.3 Å². The number of hydrogen-bond acceptors (Lipinski definition) is 4. The van der Waals surface area contributed by atoms with Crippen molar-refractivity contribution in [2.24, 2.45) is 0 Å². The molecule has 1 aromatic carbocycles. The summed E-state index contributed by atoms with van der Waals surface area (Å²) in [5.74, 6) is 0.801. The average Bonchev–Trinajstić information content (AvgIpc) is 2.37. The van der Waals surface area contributed by atoms with Crippen LogP contribution in [0.3, 0.4) is 0 Å². The van der Waals surface area contributed by atoms with Crippen LogP contribution >= 0.6 is 0 Å². The first-order valence-electron chi connectivity index (χ1n) is 7.15. The van der Waals surface area contributed by atoms with Crippen LogP contribution in [0.2, 0.25) is 0 Å². The summed E-state index contributed by atoms with van der Waals surface area (Å²) in [5, 5.41) is 22.7. The summed E-state index contributed by atoms with van der Waals surface area (Å²) in [5.41, 5.74) is 1.53. The fraction of sp³-hybridized carbons (Fsp3) is 0.625. The lowest BCUT2D eigenvalue weighted by Gasteiger charge is -2.22. The molecule has 0 spiro atoms. The number of rotatable bonds is 8. The van der Waals surface area contributed by atoms with E-state index in [1.807, 2.05) is 32.9 Å². The van der Waals surface area contributed by atoms with Gasteiger partial charge in [0.05, 0.1) is 5.60 Å². The van der Waals surface area contributed by atoms with Crippen LogP contribution in [0.15, 0.2) is 18.2 Å². The predicted molar refractivity (Wildman–Crippen MR) is 81.2 cm³/mol. The van der Waals surface area contributed by atoms with Crippen LogP contribution in [0.25, 0.3) is 0 Å². The highest BCUT2D eigenvalue weighted by atomic mass is 16.5. The number of nitrogens with one attached hydrogen (secondary N) is 1. The van der Waals surface area contributed by atoms with E-state index in [4.69, 9.17) is 4.74 Å². The molecule has 0 aromatic heterocycles. The number of aliphatic hydroxyl groups excluding tert-OH is 1. The van der Waals surface area contributed by atoms with Gasteiger partial charge < -0.3 is 20.3 Å². The maximum absolute atomic E-state index is 9.86. The Bertz CT molecular complexity index is 418. The van der Waals surface area contributed by atoms with Gasteiger partial charge in [0.2, 0.25) is 0 Å². The lowest BCUT2D eigenvalue weighted by Crippen LogP contribution is -2.41. The summed E-state index contributed by atoms with van der Waals surface area (Å²) >= 11 is 0. The van der Waals surface area contributed by atoms with Gasteiger partial charge in [-0.2, -0.15) is 0 Å². The Hall–Kier alpha value is -1.10. The topological polar surface area (TPSA) is 61.7 Å². The standard InChI is InChI=1S/C16H27NO3/c1-5-16(4,19)11-17-9-14(18)10-20-15-7-6-12(2)8-13(15)3/h6-8,14,17-19H,5,9-11H2,1-4H3. The van der Waals surface area contributed by atoms with E-state index in [2.05, 4.69) is 11.4 Å². The van der Waals surface area contributed by atoms with Gasteiger partial charge >= 0.3 is 0 Å². The summed E-state index contributed by atoms with van der Waals surface area (Å²) in [6.07, 6.45) is 0.0816. The van der Waals surface area contributed by atoms with E-state index < -0.39 is 11.7 Å². The summed E-state index contributed by atoms with van der Waals surface area (Å²) in [6, 6.07) is 5.97. The molecule has 0 aliphatic heterocycles. The first-order chi connectivity index (χ1) is 9.34. The molecule has 0 saturated heterocycles. The molecule has 1 aromatic rings. The predicted octanol–water partition coefficient (Wildman–Crippen LogP) is 1.79. The first-order valence-corrected chi connectivity index (χ1v) is 7.15. The molecule has 3 N–H and O–H groups in total. The molecule has 20 heavy (non-hydrogen) atoms. The van der Waals surface area contributed by atoms with E-state index in [1.165, 1.54) is 5.56 Å². The fourth-order valence-corrected chi connectivity index (χ4v) is 1.84. The SMILES string of the molecule is CCC(C)(O)CNCC(O)COc1ccc(C)cc1C. The van der Waals surface area contributed by atoms with Gasteiger partial charge in [-0.3, -0.25) is 0 Å². The monoisotopic (exact) mass is 281 g/mol. The van der Waals surface area contributed by atoms with E-state index in [0.717, 1.165) is 11.3 Å². The minimum atomic E-state index is -0.728. The van der Waals surface area contributed by atoms with Gasteiger partial charge in [0.1, 0.15) is 18.5 Å². The highest BCUT2D eigenvalue weighted by molar-refractivity contribution is 5.35. The van der Waals surface area contributed by atoms with Gasteiger partial charge in [-0.15, -0.1) is 0 Å². The van der Waals surface area contributed by atoms with Crippen LogP contribution in [0.1, 0.15) is 31.4 Å². The molecular weight excluding hydrogens is 254 g/mol. The van der Waals surface area contributed by atoms with Crippen LogP contribution in [0, 0.1) is 13.8 Å². The smallest absolute Gasteiger partial charge is 0.122 e. The average molecular weight is 281 g/mol. The maximum Gasteiger partial charge on any atom is 0.122 e. The van der Waals surface area contributed by atoms with E-state index in [-0.39, 0.29) is 6.61 Å². The third kappa shape index (κ3) is 5.90. The molecule has 0 aliphatic rings. The number of ether oxygens (including phenoxy) is 1. The normalized spacial score (nSPS) is 15.7. The molecule has 114 valence electrons. The molecule has 0 saturated carbocycles. The van der Waals surface area contributed by atoms with Crippen LogP contribution in [-0.4, -0.2) is 41.6 Å². The van der Waals surface area contributed by atoms with Crippen molar-refractivity contribution in [3.63, 3.8) is 0 Å². The third-order valence-electron chi connectivity index (χ3n) is 3.41. The van der Waals surface area contributed by atoms with Crippen molar-refractivity contribution >= 4 is 0 Å². The summed E-state index contributed by atoms with van der Waals surface area (Å²) in [6.45, 7) is 8.84. The van der Waals surface area contributed by atoms with Crippen molar-refractivity contribution in [3.8, 4) is 5.75 Å². The Balaban J connectivity index is 2.31. The van der Waals surface area contributed by atoms with E-state index in [9.17, 15) is 10.2 Å². The second kappa shape index (κ2) is 7.62. The second-order valence-electron chi connectivity index (χ2n) is 5.72. The molecule has 0 heterocycles. The largest absolute Gasteiger partial charge is 0.491 e. The van der Waals surface area contributed by atoms with E-state index >= 15 is 0 Å². The molecule has 0 radical (unpaired) electrons. The second-order valence-corrected chi connectivity index (χ2v) is 5.72. The molecule has 2 atom stereocenters. The molecule has 0 bridgehead atoms. The molecule has 4 heteroatoms. The zero-order chi connectivity index (χ0) is 15.2. The summed E-state index contributed by atoms with van der Waals surface area (Å²) in [7, 11) is 0. The Morgan fingerprint density at radius 3 is 2.65 bits per heavy atom. The first kappa shape index (κ1) is 17.0. The van der Waals surface area contributed by atoms with Crippen LogP contribution in [0.4, 0.5) is 0 Å². The zero-order valence-electron chi connectivity index (χ0n) is 12.9. The third-order valence-corrected chi connectivity index (χ3v) is 3.41. The zero-order valence-corrected chi connectivity index (χ0v) is 12.9. The Morgan fingerprint density at radius 2 is 2.05 bits per heavy atom. The highest BCUT2D eigenvalue weighted by Gasteiger charge is 2.17. The van der Waals surface area contributed by atoms with Gasteiger partial charge in [-0.05, 0) is 38.8 Å². The Morgan fingerprint density at radius 1 is 1.35 bits per heavy atom. The highest BCUT2D eigenvalue weighted by Crippen LogP contribution is 2.18. The van der Waals surface area contributed by atoms with Gasteiger partial charge in [0, 0.05) is 13.1 Å². The lowest BCUT2D eigenvalue weighted by molar-refractivity contribution is 0.0476. The van der Waals surface area contributed by atoms with E-state index in [1.54, 1.807) is 6.92 Å². The Kier molecular flexibility index (Phi) is 6.46. The molecular formula is C16H27NO3. The number of benzene rings is 1. The fourth-order valence-electron chi connectivity index (χ4n) is 1.84. The van der Waals surface area contributed by atoms with Crippen LogP contribution < -0.4 is 10.1 Å². The minimum absolute atomic E-state index is 0.241. The van der Waals surface area contributed by atoms with E-state index in [0.29, 0.717) is 19.5 Å². The van der Waals surface area contributed by atoms with Crippen molar-refractivity contribution < 1.29 is 14.9 Å². The molecule has 0 fully saturated rings. The van der Waals surface area contributed by atoms with Crippen molar-refractivity contribution in [2.45, 2.75) is 45.8 Å². The van der Waals surface area contributed by atoms with Crippen LogP contribution in [0.5, 0.6) is 5.75 Å². The number of aliphatic hydroxyl groups is 2. The van der Waals surface area contributed by atoms with Crippen molar-refractivity contribution in [1.82, 2.24) is 5.32 Å².